The predicted molar refractivity (Wildman–Crippen MR) is 89.9 cm³/mol. The zero-order valence-corrected chi connectivity index (χ0v) is 14.9. The Morgan fingerprint density at radius 3 is 2.56 bits per heavy atom. The number of hydrogen-bond donors (Lipinski definition) is 0. The summed E-state index contributed by atoms with van der Waals surface area (Å²) in [6.07, 6.45) is -0.897. The molecule has 2 saturated heterocycles. The van der Waals surface area contributed by atoms with Crippen LogP contribution in [0.4, 0.5) is 0 Å². The lowest BCUT2D eigenvalue weighted by molar-refractivity contribution is -0.183. The number of benzene rings is 1. The van der Waals surface area contributed by atoms with E-state index in [9.17, 15) is 14.4 Å². The number of fused-ring (bicyclic) bond motifs is 1. The molecule has 3 atom stereocenters. The third kappa shape index (κ3) is 3.18. The van der Waals surface area contributed by atoms with E-state index in [1.165, 1.54) is 23.8 Å². The summed E-state index contributed by atoms with van der Waals surface area (Å²) < 4.78 is 14.9. The van der Waals surface area contributed by atoms with Crippen molar-refractivity contribution in [1.82, 2.24) is 4.90 Å². The zero-order chi connectivity index (χ0) is 18.2. The molecule has 8 heteroatoms. The van der Waals surface area contributed by atoms with Crippen molar-refractivity contribution in [2.75, 3.05) is 13.7 Å². The maximum atomic E-state index is 12.4. The molecule has 1 amide bonds. The van der Waals surface area contributed by atoms with Gasteiger partial charge in [-0.25, -0.2) is 9.59 Å². The van der Waals surface area contributed by atoms with E-state index in [2.05, 4.69) is 0 Å². The molecule has 1 aromatic carbocycles. The summed E-state index contributed by atoms with van der Waals surface area (Å²) >= 11 is 1.42. The Morgan fingerprint density at radius 1 is 1.24 bits per heavy atom. The van der Waals surface area contributed by atoms with Gasteiger partial charge in [-0.15, -0.1) is 11.8 Å². The van der Waals surface area contributed by atoms with Crippen LogP contribution in [0.5, 0.6) is 5.75 Å². The van der Waals surface area contributed by atoms with Crippen molar-refractivity contribution in [1.29, 1.82) is 0 Å². The average Bonchev–Trinajstić information content (AvgIpc) is 2.86. The summed E-state index contributed by atoms with van der Waals surface area (Å²) in [6, 6.07) is 8.18. The third-order valence-corrected chi connectivity index (χ3v) is 5.72. The molecule has 0 aromatic heterocycles. The molecular weight excluding hydrogens is 346 g/mol. The van der Waals surface area contributed by atoms with Gasteiger partial charge in [-0.2, -0.15) is 0 Å². The Balaban J connectivity index is 1.59. The molecule has 134 valence electrons. The number of hydrogen-bond acceptors (Lipinski definition) is 7. The highest BCUT2D eigenvalue weighted by molar-refractivity contribution is 8.01. The quantitative estimate of drug-likeness (QED) is 0.573. The van der Waals surface area contributed by atoms with Crippen LogP contribution in [0.1, 0.15) is 13.8 Å². The van der Waals surface area contributed by atoms with Gasteiger partial charge in [-0.1, -0.05) is 18.2 Å². The number of carbonyl (C=O) groups excluding carboxylic acids is 3. The van der Waals surface area contributed by atoms with Gasteiger partial charge in [-0.05, 0) is 26.0 Å². The molecule has 2 heterocycles. The maximum absolute atomic E-state index is 12.4. The van der Waals surface area contributed by atoms with Gasteiger partial charge >= 0.3 is 11.9 Å². The van der Waals surface area contributed by atoms with Gasteiger partial charge in [0.05, 0.1) is 7.11 Å². The topological polar surface area (TPSA) is 82.1 Å². The van der Waals surface area contributed by atoms with Crippen molar-refractivity contribution in [2.45, 2.75) is 36.1 Å². The highest BCUT2D eigenvalue weighted by Gasteiger charge is 2.65. The lowest BCUT2D eigenvalue weighted by atomic mass is 9.97. The fourth-order valence-corrected chi connectivity index (χ4v) is 4.61. The first kappa shape index (κ1) is 17.6. The van der Waals surface area contributed by atoms with Crippen LogP contribution in [0.25, 0.3) is 0 Å². The number of methoxy groups -OCH3 is 1. The van der Waals surface area contributed by atoms with E-state index >= 15 is 0 Å². The van der Waals surface area contributed by atoms with Crippen LogP contribution >= 0.6 is 11.8 Å². The first-order valence-corrected chi connectivity index (χ1v) is 8.68. The minimum Gasteiger partial charge on any atom is -0.482 e. The number of amides is 1. The van der Waals surface area contributed by atoms with E-state index in [4.69, 9.17) is 14.2 Å². The number of esters is 2. The standard InChI is InChI=1S/C17H19NO6S/c1-17(2)13(16(21)22-3)18-14(20)12(15(18)25-17)24-11(19)9-23-10-7-5-4-6-8-10/h4-8,12-13,15H,9H2,1-3H3/t12-,13+,15-/m1/s1. The minimum absolute atomic E-state index is 0.283. The van der Waals surface area contributed by atoms with Crippen molar-refractivity contribution in [3.63, 3.8) is 0 Å². The fraction of sp³-hybridized carbons (Fsp3) is 0.471. The van der Waals surface area contributed by atoms with Crippen LogP contribution in [0.2, 0.25) is 0 Å². The number of rotatable bonds is 5. The predicted octanol–water partition coefficient (Wildman–Crippen LogP) is 1.21. The number of β-lactam (4-membered cyclic amide) rings is 1. The van der Waals surface area contributed by atoms with Gasteiger partial charge in [0.2, 0.25) is 6.10 Å². The van der Waals surface area contributed by atoms with Crippen LogP contribution in [-0.2, 0) is 23.9 Å². The number of para-hydroxylation sites is 1. The highest BCUT2D eigenvalue weighted by Crippen LogP contribution is 2.51. The summed E-state index contributed by atoms with van der Waals surface area (Å²) in [6.45, 7) is 3.44. The summed E-state index contributed by atoms with van der Waals surface area (Å²) in [5, 5.41) is -0.382. The van der Waals surface area contributed by atoms with E-state index in [0.29, 0.717) is 5.75 Å². The minimum atomic E-state index is -0.897. The number of thioether (sulfide) groups is 1. The summed E-state index contributed by atoms with van der Waals surface area (Å²) in [5.41, 5.74) is 0. The largest absolute Gasteiger partial charge is 0.482 e. The maximum Gasteiger partial charge on any atom is 0.345 e. The van der Waals surface area contributed by atoms with Crippen LogP contribution in [0, 0.1) is 0 Å². The third-order valence-electron chi connectivity index (χ3n) is 4.17. The summed E-state index contributed by atoms with van der Waals surface area (Å²) in [4.78, 5) is 37.8. The van der Waals surface area contributed by atoms with Gasteiger partial charge < -0.3 is 19.1 Å². The first-order valence-electron chi connectivity index (χ1n) is 7.80. The van der Waals surface area contributed by atoms with Crippen molar-refractivity contribution in [3.8, 4) is 5.75 Å². The number of ether oxygens (including phenoxy) is 3. The van der Waals surface area contributed by atoms with E-state index in [1.807, 2.05) is 19.9 Å². The Morgan fingerprint density at radius 2 is 1.92 bits per heavy atom. The summed E-state index contributed by atoms with van der Waals surface area (Å²) in [7, 11) is 1.29. The van der Waals surface area contributed by atoms with Crippen molar-refractivity contribution in [3.05, 3.63) is 30.3 Å². The molecule has 0 aliphatic carbocycles. The van der Waals surface area contributed by atoms with Crippen LogP contribution in [-0.4, -0.2) is 58.7 Å². The second-order valence-corrected chi connectivity index (χ2v) is 8.07. The first-order chi connectivity index (χ1) is 11.8. The fourth-order valence-electron chi connectivity index (χ4n) is 3.01. The lowest BCUT2D eigenvalue weighted by Gasteiger charge is -2.42. The Bertz CT molecular complexity index is 692. The van der Waals surface area contributed by atoms with Crippen molar-refractivity contribution < 1.29 is 28.6 Å². The molecule has 25 heavy (non-hydrogen) atoms. The molecule has 1 aromatic rings. The van der Waals surface area contributed by atoms with Gasteiger partial charge in [0.1, 0.15) is 17.2 Å². The van der Waals surface area contributed by atoms with E-state index in [1.54, 1.807) is 24.3 Å². The van der Waals surface area contributed by atoms with Crippen molar-refractivity contribution in [2.24, 2.45) is 0 Å². The molecular formula is C17H19NO6S. The Kier molecular flexibility index (Phi) is 4.64. The monoisotopic (exact) mass is 365 g/mol. The zero-order valence-electron chi connectivity index (χ0n) is 14.1. The number of carbonyl (C=O) groups is 3. The van der Waals surface area contributed by atoms with Gasteiger partial charge in [0.15, 0.2) is 6.61 Å². The lowest BCUT2D eigenvalue weighted by Crippen LogP contribution is -2.66. The molecule has 0 unspecified atom stereocenters. The molecule has 0 saturated carbocycles. The van der Waals surface area contributed by atoms with Gasteiger partial charge in [0.25, 0.3) is 5.91 Å². The Hall–Kier alpha value is -2.22. The van der Waals surface area contributed by atoms with Crippen LogP contribution < -0.4 is 4.74 Å². The van der Waals surface area contributed by atoms with E-state index in [-0.39, 0.29) is 17.9 Å². The SMILES string of the molecule is COC(=O)[C@@H]1N2C(=O)[C@@H](OC(=O)COc3ccccc3)[C@H]2SC1(C)C. The highest BCUT2D eigenvalue weighted by atomic mass is 32.2. The number of nitrogens with zero attached hydrogens (tertiary/aromatic N) is 1. The molecule has 0 spiro atoms. The molecule has 3 rings (SSSR count). The molecule has 0 N–H and O–H groups in total. The van der Waals surface area contributed by atoms with Crippen LogP contribution in [0.15, 0.2) is 30.3 Å². The molecule has 0 radical (unpaired) electrons. The van der Waals surface area contributed by atoms with Crippen LogP contribution in [0.3, 0.4) is 0 Å². The molecule has 2 fully saturated rings. The molecule has 0 bridgehead atoms. The molecule has 7 nitrogen and oxygen atoms in total. The molecule has 2 aliphatic rings. The summed E-state index contributed by atoms with van der Waals surface area (Å²) in [5.74, 6) is -0.929. The Labute approximate surface area is 149 Å². The van der Waals surface area contributed by atoms with Gasteiger partial charge in [0, 0.05) is 4.75 Å². The van der Waals surface area contributed by atoms with Crippen molar-refractivity contribution >= 4 is 29.6 Å². The van der Waals surface area contributed by atoms with Gasteiger partial charge in [-0.3, -0.25) is 4.79 Å². The van der Waals surface area contributed by atoms with E-state index in [0.717, 1.165) is 0 Å². The van der Waals surface area contributed by atoms with E-state index < -0.39 is 28.8 Å². The average molecular weight is 365 g/mol. The second-order valence-electron chi connectivity index (χ2n) is 6.30. The second kappa shape index (κ2) is 6.59. The smallest absolute Gasteiger partial charge is 0.345 e. The molecule has 2 aliphatic heterocycles. The normalized spacial score (nSPS) is 26.4.